The maximum absolute atomic E-state index is 13.0. The zero-order valence-corrected chi connectivity index (χ0v) is 12.1. The molecule has 0 aliphatic carbocycles. The molecule has 0 aliphatic heterocycles. The third kappa shape index (κ3) is 5.75. The van der Waals surface area contributed by atoms with Crippen molar-refractivity contribution in [3.05, 3.63) is 29.3 Å². The van der Waals surface area contributed by atoms with Gasteiger partial charge in [-0.1, -0.05) is 32.3 Å². The maximum Gasteiger partial charge on any atom is 0.418 e. The van der Waals surface area contributed by atoms with Crippen LogP contribution in [0.2, 0.25) is 0 Å². The Morgan fingerprint density at radius 3 is 2.52 bits per heavy atom. The van der Waals surface area contributed by atoms with E-state index >= 15 is 0 Å². The van der Waals surface area contributed by atoms with E-state index in [4.69, 9.17) is 5.73 Å². The molecule has 21 heavy (non-hydrogen) atoms. The van der Waals surface area contributed by atoms with Gasteiger partial charge in [0.1, 0.15) is 0 Å². The van der Waals surface area contributed by atoms with Crippen LogP contribution in [0.5, 0.6) is 0 Å². The number of halogens is 3. The molecule has 6 heteroatoms. The highest BCUT2D eigenvalue weighted by Crippen LogP contribution is 2.35. The number of carbonyl (C=O) groups is 1. The van der Waals surface area contributed by atoms with E-state index in [-0.39, 0.29) is 18.7 Å². The van der Waals surface area contributed by atoms with Crippen LogP contribution in [0, 0.1) is 0 Å². The summed E-state index contributed by atoms with van der Waals surface area (Å²) in [5, 5.41) is 2.35. The minimum absolute atomic E-state index is 0.0221. The van der Waals surface area contributed by atoms with Gasteiger partial charge in [-0.05, 0) is 24.1 Å². The molecule has 0 fully saturated rings. The summed E-state index contributed by atoms with van der Waals surface area (Å²) in [4.78, 5) is 11.7. The minimum atomic E-state index is -4.52. The molecule has 0 aromatic heterocycles. The number of carbonyl (C=O) groups excluding carboxylic acids is 1. The first-order valence-corrected chi connectivity index (χ1v) is 7.08. The number of hydrogen-bond donors (Lipinski definition) is 2. The Balaban J connectivity index is 2.76. The van der Waals surface area contributed by atoms with Crippen LogP contribution in [-0.2, 0) is 17.5 Å². The number of unbranched alkanes of at least 4 members (excludes halogenated alkanes) is 3. The third-order valence-electron chi connectivity index (χ3n) is 3.16. The molecule has 0 radical (unpaired) electrons. The molecule has 0 spiro atoms. The van der Waals surface area contributed by atoms with Crippen molar-refractivity contribution in [2.75, 3.05) is 5.32 Å². The van der Waals surface area contributed by atoms with Crippen LogP contribution < -0.4 is 11.1 Å². The summed E-state index contributed by atoms with van der Waals surface area (Å²) in [6.07, 6.45) is -0.636. The van der Waals surface area contributed by atoms with Crippen molar-refractivity contribution < 1.29 is 18.0 Å². The molecule has 0 aliphatic rings. The Labute approximate surface area is 122 Å². The summed E-state index contributed by atoms with van der Waals surface area (Å²) in [5.41, 5.74) is 4.67. The Morgan fingerprint density at radius 2 is 1.95 bits per heavy atom. The number of nitrogens with two attached hydrogens (primary N) is 1. The molecule has 0 bridgehead atoms. The number of hydrogen-bond acceptors (Lipinski definition) is 2. The molecule has 1 amide bonds. The Kier molecular flexibility index (Phi) is 6.68. The predicted molar refractivity (Wildman–Crippen MR) is 76.7 cm³/mol. The first-order valence-electron chi connectivity index (χ1n) is 7.08. The van der Waals surface area contributed by atoms with E-state index in [1.807, 2.05) is 0 Å². The summed E-state index contributed by atoms with van der Waals surface area (Å²) in [6, 6.07) is 3.73. The topological polar surface area (TPSA) is 55.1 Å². The molecule has 0 heterocycles. The molecule has 0 atom stereocenters. The molecule has 3 N–H and O–H groups in total. The molecular weight excluding hydrogens is 281 g/mol. The van der Waals surface area contributed by atoms with Gasteiger partial charge in [-0.3, -0.25) is 4.79 Å². The fraction of sp³-hybridized carbons (Fsp3) is 0.533. The number of alkyl halides is 3. The molecule has 1 rings (SSSR count). The normalized spacial score (nSPS) is 11.5. The highest BCUT2D eigenvalue weighted by molar-refractivity contribution is 5.91. The summed E-state index contributed by atoms with van der Waals surface area (Å²) >= 11 is 0. The van der Waals surface area contributed by atoms with Crippen LogP contribution in [0.4, 0.5) is 18.9 Å². The standard InChI is InChI=1S/C15H21F3N2O/c1-2-3-4-5-6-14(21)20-13-8-7-11(10-19)9-12(13)15(16,17)18/h7-9H,2-6,10,19H2,1H3,(H,20,21). The first-order chi connectivity index (χ1) is 9.88. The van der Waals surface area contributed by atoms with Crippen LogP contribution in [-0.4, -0.2) is 5.91 Å². The molecule has 0 saturated carbocycles. The van der Waals surface area contributed by atoms with Gasteiger partial charge >= 0.3 is 6.18 Å². The lowest BCUT2D eigenvalue weighted by Gasteiger charge is -2.15. The van der Waals surface area contributed by atoms with E-state index in [1.165, 1.54) is 12.1 Å². The Hall–Kier alpha value is -1.56. The number of amides is 1. The predicted octanol–water partition coefficient (Wildman–Crippen LogP) is 4.07. The van der Waals surface area contributed by atoms with Gasteiger partial charge in [0.25, 0.3) is 0 Å². The lowest BCUT2D eigenvalue weighted by atomic mass is 10.1. The van der Waals surface area contributed by atoms with Gasteiger partial charge in [-0.25, -0.2) is 0 Å². The Bertz CT molecular complexity index is 472. The van der Waals surface area contributed by atoms with Gasteiger partial charge < -0.3 is 11.1 Å². The summed E-state index contributed by atoms with van der Waals surface area (Å²) in [6.45, 7) is 2.07. The molecule has 1 aromatic rings. The van der Waals surface area contributed by atoms with Crippen LogP contribution >= 0.6 is 0 Å². The minimum Gasteiger partial charge on any atom is -0.326 e. The number of rotatable bonds is 7. The lowest BCUT2D eigenvalue weighted by molar-refractivity contribution is -0.137. The smallest absolute Gasteiger partial charge is 0.326 e. The molecule has 118 valence electrons. The summed E-state index contributed by atoms with van der Waals surface area (Å²) < 4.78 is 38.9. The van der Waals surface area contributed by atoms with Crippen LogP contribution in [0.1, 0.15) is 50.2 Å². The number of anilines is 1. The first kappa shape index (κ1) is 17.5. The van der Waals surface area contributed by atoms with Crippen LogP contribution in [0.25, 0.3) is 0 Å². The van der Waals surface area contributed by atoms with Crippen molar-refractivity contribution in [1.82, 2.24) is 0 Å². The zero-order valence-electron chi connectivity index (χ0n) is 12.1. The second-order valence-corrected chi connectivity index (χ2v) is 4.94. The number of nitrogens with one attached hydrogen (secondary N) is 1. The largest absolute Gasteiger partial charge is 0.418 e. The molecule has 0 saturated heterocycles. The summed E-state index contributed by atoms with van der Waals surface area (Å²) in [5.74, 6) is -0.392. The summed E-state index contributed by atoms with van der Waals surface area (Å²) in [7, 11) is 0. The molecule has 1 aromatic carbocycles. The van der Waals surface area contributed by atoms with E-state index in [0.717, 1.165) is 25.3 Å². The molecule has 0 unspecified atom stereocenters. The molecule has 3 nitrogen and oxygen atoms in total. The van der Waals surface area contributed by atoms with Gasteiger partial charge in [0, 0.05) is 13.0 Å². The lowest BCUT2D eigenvalue weighted by Crippen LogP contribution is -2.17. The second-order valence-electron chi connectivity index (χ2n) is 4.94. The van der Waals surface area contributed by atoms with E-state index in [1.54, 1.807) is 0 Å². The van der Waals surface area contributed by atoms with Crippen molar-refractivity contribution in [2.45, 2.75) is 51.7 Å². The highest BCUT2D eigenvalue weighted by Gasteiger charge is 2.34. The van der Waals surface area contributed by atoms with Gasteiger partial charge in [-0.15, -0.1) is 0 Å². The van der Waals surface area contributed by atoms with E-state index < -0.39 is 17.6 Å². The third-order valence-corrected chi connectivity index (χ3v) is 3.16. The monoisotopic (exact) mass is 302 g/mol. The van der Waals surface area contributed by atoms with Crippen molar-refractivity contribution in [2.24, 2.45) is 5.73 Å². The maximum atomic E-state index is 13.0. The van der Waals surface area contributed by atoms with Crippen LogP contribution in [0.15, 0.2) is 18.2 Å². The Morgan fingerprint density at radius 1 is 1.24 bits per heavy atom. The van der Waals surface area contributed by atoms with Crippen molar-refractivity contribution >= 4 is 11.6 Å². The SMILES string of the molecule is CCCCCCC(=O)Nc1ccc(CN)cc1C(F)(F)F. The second kappa shape index (κ2) is 8.02. The van der Waals surface area contributed by atoms with E-state index in [9.17, 15) is 18.0 Å². The van der Waals surface area contributed by atoms with E-state index in [2.05, 4.69) is 12.2 Å². The highest BCUT2D eigenvalue weighted by atomic mass is 19.4. The average Bonchev–Trinajstić information content (AvgIpc) is 2.43. The molecular formula is C15H21F3N2O. The van der Waals surface area contributed by atoms with Crippen LogP contribution in [0.3, 0.4) is 0 Å². The van der Waals surface area contributed by atoms with Crippen molar-refractivity contribution in [3.63, 3.8) is 0 Å². The van der Waals surface area contributed by atoms with Gasteiger partial charge in [0.15, 0.2) is 0 Å². The van der Waals surface area contributed by atoms with Crippen molar-refractivity contribution in [3.8, 4) is 0 Å². The number of benzene rings is 1. The van der Waals surface area contributed by atoms with Crippen molar-refractivity contribution in [1.29, 1.82) is 0 Å². The quantitative estimate of drug-likeness (QED) is 0.746. The fourth-order valence-corrected chi connectivity index (χ4v) is 1.99. The average molecular weight is 302 g/mol. The zero-order chi connectivity index (χ0) is 15.9. The van der Waals surface area contributed by atoms with Gasteiger partial charge in [0.05, 0.1) is 11.3 Å². The van der Waals surface area contributed by atoms with Gasteiger partial charge in [0.2, 0.25) is 5.91 Å². The van der Waals surface area contributed by atoms with E-state index in [0.29, 0.717) is 12.0 Å². The van der Waals surface area contributed by atoms with Gasteiger partial charge in [-0.2, -0.15) is 13.2 Å². The fourth-order valence-electron chi connectivity index (χ4n) is 1.99.